The molecule has 2 aliphatic rings. The van der Waals surface area contributed by atoms with Crippen molar-refractivity contribution < 1.29 is 0 Å². The van der Waals surface area contributed by atoms with Gasteiger partial charge in [-0.25, -0.2) is 9.97 Å². The molecule has 2 aliphatic carbocycles. The number of hydrogen-bond acceptors (Lipinski definition) is 4. The molecule has 3 atom stereocenters. The van der Waals surface area contributed by atoms with Crippen molar-refractivity contribution in [1.29, 1.82) is 5.26 Å². The molecule has 0 saturated heterocycles. The largest absolute Gasteiger partial charge is 0.344 e. The van der Waals surface area contributed by atoms with E-state index in [0.29, 0.717) is 11.6 Å². The molecule has 94 valence electrons. The van der Waals surface area contributed by atoms with Gasteiger partial charge in [-0.05, 0) is 43.1 Å². The summed E-state index contributed by atoms with van der Waals surface area (Å²) in [5, 5.41) is 8.86. The van der Waals surface area contributed by atoms with Crippen molar-refractivity contribution in [2.45, 2.75) is 25.7 Å². The Kier molecular flexibility index (Phi) is 2.91. The normalized spacial score (nSPS) is 29.2. The molecule has 0 aromatic carbocycles. The molecule has 18 heavy (non-hydrogen) atoms. The average Bonchev–Trinajstić information content (AvgIpc) is 3.01. The van der Waals surface area contributed by atoms with Gasteiger partial charge in [0.05, 0.1) is 0 Å². The van der Waals surface area contributed by atoms with Gasteiger partial charge in [0.25, 0.3) is 0 Å². The summed E-state index contributed by atoms with van der Waals surface area (Å²) in [6, 6.07) is 3.71. The quantitative estimate of drug-likeness (QED) is 0.815. The molecule has 2 bridgehead atoms. The van der Waals surface area contributed by atoms with Gasteiger partial charge in [0.15, 0.2) is 0 Å². The highest BCUT2D eigenvalue weighted by Crippen LogP contribution is 2.48. The van der Waals surface area contributed by atoms with Crippen molar-refractivity contribution in [3.63, 3.8) is 0 Å². The van der Waals surface area contributed by atoms with E-state index < -0.39 is 0 Å². The molecule has 2 saturated carbocycles. The molecular formula is C14H18N4. The first-order valence-electron chi connectivity index (χ1n) is 6.70. The highest BCUT2D eigenvalue weighted by Gasteiger charge is 2.39. The van der Waals surface area contributed by atoms with E-state index in [1.54, 1.807) is 12.3 Å². The van der Waals surface area contributed by atoms with Gasteiger partial charge < -0.3 is 4.90 Å². The lowest BCUT2D eigenvalue weighted by molar-refractivity contribution is 0.336. The van der Waals surface area contributed by atoms with Crippen LogP contribution in [0.4, 0.5) is 5.95 Å². The van der Waals surface area contributed by atoms with Crippen molar-refractivity contribution >= 4 is 5.95 Å². The van der Waals surface area contributed by atoms with Crippen LogP contribution in [0.15, 0.2) is 12.3 Å². The standard InChI is InChI=1S/C14H18N4/c1-18(14-16-5-4-13(8-15)17-14)9-12-7-10-2-3-11(12)6-10/h4-5,10-12H,2-3,6-7,9H2,1H3. The van der Waals surface area contributed by atoms with E-state index in [-0.39, 0.29) is 0 Å². The van der Waals surface area contributed by atoms with Crippen LogP contribution in [0.2, 0.25) is 0 Å². The summed E-state index contributed by atoms with van der Waals surface area (Å²) < 4.78 is 0. The second-order valence-electron chi connectivity index (χ2n) is 5.67. The van der Waals surface area contributed by atoms with E-state index in [4.69, 9.17) is 5.26 Å². The van der Waals surface area contributed by atoms with Crippen LogP contribution in [0.25, 0.3) is 0 Å². The van der Waals surface area contributed by atoms with Gasteiger partial charge in [0.2, 0.25) is 5.95 Å². The predicted molar refractivity (Wildman–Crippen MR) is 69.0 cm³/mol. The highest BCUT2D eigenvalue weighted by atomic mass is 15.2. The number of rotatable bonds is 3. The van der Waals surface area contributed by atoms with Crippen LogP contribution in [0.3, 0.4) is 0 Å². The fraction of sp³-hybridized carbons (Fsp3) is 0.643. The lowest BCUT2D eigenvalue weighted by Gasteiger charge is -2.27. The summed E-state index contributed by atoms with van der Waals surface area (Å²) in [6.45, 7) is 1.02. The monoisotopic (exact) mass is 242 g/mol. The predicted octanol–water partition coefficient (Wildman–Crippen LogP) is 2.22. The molecule has 0 spiro atoms. The van der Waals surface area contributed by atoms with Crippen LogP contribution >= 0.6 is 0 Å². The summed E-state index contributed by atoms with van der Waals surface area (Å²) in [7, 11) is 2.03. The number of hydrogen-bond donors (Lipinski definition) is 0. The number of nitriles is 1. The lowest BCUT2D eigenvalue weighted by Crippen LogP contribution is -2.29. The topological polar surface area (TPSA) is 52.8 Å². The van der Waals surface area contributed by atoms with Crippen LogP contribution < -0.4 is 4.90 Å². The molecule has 1 heterocycles. The Bertz CT molecular complexity index is 479. The van der Waals surface area contributed by atoms with Crippen LogP contribution in [-0.2, 0) is 0 Å². The molecule has 1 aromatic heterocycles. The van der Waals surface area contributed by atoms with Gasteiger partial charge in [-0.3, -0.25) is 0 Å². The van der Waals surface area contributed by atoms with Crippen LogP contribution in [0, 0.1) is 29.1 Å². The summed E-state index contributed by atoms with van der Waals surface area (Å²) in [4.78, 5) is 10.6. The fourth-order valence-electron chi connectivity index (χ4n) is 3.63. The molecule has 0 amide bonds. The molecule has 1 aromatic rings. The van der Waals surface area contributed by atoms with E-state index in [1.807, 2.05) is 7.05 Å². The minimum absolute atomic E-state index is 0.444. The SMILES string of the molecule is CN(CC1CC2CCC1C2)c1nccc(C#N)n1. The van der Waals surface area contributed by atoms with Crippen molar-refractivity contribution in [3.05, 3.63) is 18.0 Å². The Balaban J connectivity index is 1.67. The molecule has 2 fully saturated rings. The van der Waals surface area contributed by atoms with Crippen LogP contribution in [0.1, 0.15) is 31.4 Å². The molecule has 4 heteroatoms. The first-order valence-corrected chi connectivity index (χ1v) is 6.70. The zero-order chi connectivity index (χ0) is 12.5. The first-order chi connectivity index (χ1) is 8.76. The number of fused-ring (bicyclic) bond motifs is 2. The van der Waals surface area contributed by atoms with Crippen LogP contribution in [-0.4, -0.2) is 23.6 Å². The van der Waals surface area contributed by atoms with Gasteiger partial charge >= 0.3 is 0 Å². The van der Waals surface area contributed by atoms with Gasteiger partial charge in [-0.15, -0.1) is 0 Å². The Hall–Kier alpha value is -1.63. The van der Waals surface area contributed by atoms with Gasteiger partial charge in [-0.2, -0.15) is 5.26 Å². The van der Waals surface area contributed by atoms with E-state index in [9.17, 15) is 0 Å². The Morgan fingerprint density at radius 1 is 1.44 bits per heavy atom. The zero-order valence-corrected chi connectivity index (χ0v) is 10.7. The van der Waals surface area contributed by atoms with Crippen molar-refractivity contribution in [3.8, 4) is 6.07 Å². The van der Waals surface area contributed by atoms with E-state index in [0.717, 1.165) is 24.3 Å². The Labute approximate surface area is 108 Å². The second-order valence-corrected chi connectivity index (χ2v) is 5.67. The Morgan fingerprint density at radius 2 is 2.33 bits per heavy atom. The maximum atomic E-state index is 8.86. The molecule has 3 rings (SSSR count). The van der Waals surface area contributed by atoms with E-state index in [1.165, 1.54) is 25.7 Å². The highest BCUT2D eigenvalue weighted by molar-refractivity contribution is 5.32. The summed E-state index contributed by atoms with van der Waals surface area (Å²) >= 11 is 0. The average molecular weight is 242 g/mol. The third kappa shape index (κ3) is 2.05. The maximum Gasteiger partial charge on any atom is 0.226 e. The first kappa shape index (κ1) is 11.5. The summed E-state index contributed by atoms with van der Waals surface area (Å²) in [6.07, 6.45) is 7.30. The molecule has 3 unspecified atom stereocenters. The van der Waals surface area contributed by atoms with E-state index in [2.05, 4.69) is 20.9 Å². The molecule has 4 nitrogen and oxygen atoms in total. The third-order valence-electron chi connectivity index (χ3n) is 4.49. The Morgan fingerprint density at radius 3 is 3.00 bits per heavy atom. The van der Waals surface area contributed by atoms with Crippen molar-refractivity contribution in [1.82, 2.24) is 9.97 Å². The van der Waals surface area contributed by atoms with Gasteiger partial charge in [0, 0.05) is 19.8 Å². The molecule has 0 N–H and O–H groups in total. The smallest absolute Gasteiger partial charge is 0.226 e. The molecule has 0 aliphatic heterocycles. The fourth-order valence-corrected chi connectivity index (χ4v) is 3.63. The number of anilines is 1. The minimum atomic E-state index is 0.444. The summed E-state index contributed by atoms with van der Waals surface area (Å²) in [5.41, 5.74) is 0.444. The third-order valence-corrected chi connectivity index (χ3v) is 4.49. The lowest BCUT2D eigenvalue weighted by atomic mass is 9.88. The maximum absolute atomic E-state index is 8.86. The minimum Gasteiger partial charge on any atom is -0.344 e. The van der Waals surface area contributed by atoms with Gasteiger partial charge in [0.1, 0.15) is 11.8 Å². The molecular weight excluding hydrogens is 224 g/mol. The van der Waals surface area contributed by atoms with E-state index >= 15 is 0 Å². The van der Waals surface area contributed by atoms with Crippen molar-refractivity contribution in [2.24, 2.45) is 17.8 Å². The molecule has 0 radical (unpaired) electrons. The van der Waals surface area contributed by atoms with Crippen LogP contribution in [0.5, 0.6) is 0 Å². The summed E-state index contributed by atoms with van der Waals surface area (Å²) in [5.74, 6) is 3.36. The zero-order valence-electron chi connectivity index (χ0n) is 10.7. The number of nitrogens with zero attached hydrogens (tertiary/aromatic N) is 4. The van der Waals surface area contributed by atoms with Crippen molar-refractivity contribution in [2.75, 3.05) is 18.5 Å². The second kappa shape index (κ2) is 4.56. The number of aromatic nitrogens is 2. The van der Waals surface area contributed by atoms with Gasteiger partial charge in [-0.1, -0.05) is 6.42 Å².